The van der Waals surface area contributed by atoms with Gasteiger partial charge in [-0.25, -0.2) is 8.78 Å². The lowest BCUT2D eigenvalue weighted by atomic mass is 9.48. The first-order chi connectivity index (χ1) is 45.8. The Morgan fingerprint density at radius 1 is 0.695 bits per heavy atom. The summed E-state index contributed by atoms with van der Waals surface area (Å²) < 4.78 is 52.6. The quantitative estimate of drug-likeness (QED) is 0.0378. The molecule has 8 atom stereocenters. The van der Waals surface area contributed by atoms with Gasteiger partial charge in [-0.3, -0.25) is 48.7 Å². The number of rotatable bonds is 34. The number of amides is 7. The van der Waals surface area contributed by atoms with Gasteiger partial charge in [0.2, 0.25) is 35.5 Å². The largest absolute Gasteiger partial charge is 0.504 e. The maximum absolute atomic E-state index is 13.9. The van der Waals surface area contributed by atoms with Crippen molar-refractivity contribution in [3.63, 3.8) is 0 Å². The zero-order chi connectivity index (χ0) is 66.9. The number of halogens is 2. The smallest absolute Gasteiger partial charge is 0.252 e. The minimum atomic E-state index is -2.69. The number of nitrogens with zero attached hydrogens (tertiary/aromatic N) is 5. The Balaban J connectivity index is 0.495. The molecule has 95 heavy (non-hydrogen) atoms. The molecule has 1 spiro atoms. The van der Waals surface area contributed by atoms with E-state index in [0.29, 0.717) is 88.3 Å². The van der Waals surface area contributed by atoms with Gasteiger partial charge in [0.25, 0.3) is 11.8 Å². The Bertz CT molecular complexity index is 3180. The topological polar surface area (TPSA) is 306 Å². The van der Waals surface area contributed by atoms with Crippen molar-refractivity contribution < 1.29 is 71.5 Å². The highest BCUT2D eigenvalue weighted by atomic mass is 19.3. The van der Waals surface area contributed by atoms with Crippen molar-refractivity contribution in [1.29, 1.82) is 0 Å². The Labute approximate surface area is 554 Å². The molecule has 3 saturated heterocycles. The van der Waals surface area contributed by atoms with Crippen molar-refractivity contribution in [1.82, 2.24) is 56.5 Å². The second-order valence-electron chi connectivity index (χ2n) is 28.2. The maximum atomic E-state index is 13.9. The van der Waals surface area contributed by atoms with Crippen LogP contribution in [0.5, 0.6) is 11.5 Å². The molecule has 2 aromatic carbocycles. The van der Waals surface area contributed by atoms with Crippen molar-refractivity contribution in [2.45, 2.75) is 214 Å². The molecule has 4 aliphatic heterocycles. The number of alkyl halides is 2. The van der Waals surface area contributed by atoms with E-state index in [1.54, 1.807) is 6.07 Å². The van der Waals surface area contributed by atoms with Crippen LogP contribution >= 0.6 is 0 Å². The van der Waals surface area contributed by atoms with Crippen molar-refractivity contribution in [3.05, 3.63) is 70.8 Å². The lowest BCUT2D eigenvalue weighted by molar-refractivity contribution is -0.192. The van der Waals surface area contributed by atoms with Gasteiger partial charge in [-0.2, -0.15) is 0 Å². The Morgan fingerprint density at radius 3 is 1.94 bits per heavy atom. The molecule has 4 aliphatic carbocycles. The molecular formula is C69H97F2N11O13. The lowest BCUT2D eigenvalue weighted by Crippen LogP contribution is -2.78. The first-order valence-electron chi connectivity index (χ1n) is 34.9. The third-order valence-electron chi connectivity index (χ3n) is 21.3. The number of aromatic nitrogens is 3. The summed E-state index contributed by atoms with van der Waals surface area (Å²) in [4.78, 5) is 94.1. The van der Waals surface area contributed by atoms with E-state index in [4.69, 9.17) is 18.9 Å². The predicted molar refractivity (Wildman–Crippen MR) is 343 cm³/mol. The van der Waals surface area contributed by atoms with E-state index in [9.17, 15) is 52.6 Å². The number of hydrogen-bond donors (Lipinski definition) is 8. The van der Waals surface area contributed by atoms with Crippen molar-refractivity contribution in [3.8, 4) is 11.5 Å². The van der Waals surface area contributed by atoms with Gasteiger partial charge in [0.15, 0.2) is 11.5 Å². The molecule has 6 fully saturated rings. The average molecular weight is 1330 g/mol. The van der Waals surface area contributed by atoms with E-state index in [0.717, 1.165) is 99.3 Å². The standard InChI is InChI=1S/C69H97F2N11O13/c1-43(2)65-79-78-55(82(65)50-34-48-16-17-49(35-50)81(48)31-23-51(45-11-7-6-8-12-45)76-66(90)46-19-24-67(70,71)25-20-46)22-30-74-58(86)39-92-37-56(84)72-28-9-4-3-5-10-29-73-57(85)38-93-41-60(88)77-61(89)42-94-40-59(87)75-52-21-26-69(91)54-33-47-15-18-53(83)63-62(47)68(69,64(52)95-63)27-32-80(54)36-44-13-14-44/h6-8,11-12,15,18,43-44,46,48-52,54,64,83,91H,3-5,9-10,13-14,16-17,19-42H2,1-2H3,(H,72,84)(H,73,85)(H,74,86)(H,75,87)(H,76,90)(H,77,88,89)/t48?,49?,50?,51-,52?,54+,64-,68-,69+/m0/s1. The van der Waals surface area contributed by atoms with E-state index < -0.39 is 78.5 Å². The fourth-order valence-electron chi connectivity index (χ4n) is 16.5. The molecule has 8 aliphatic rings. The molecule has 24 nitrogen and oxygen atoms in total. The number of phenols is 1. The van der Waals surface area contributed by atoms with Crippen LogP contribution in [0.25, 0.3) is 0 Å². The van der Waals surface area contributed by atoms with Crippen LogP contribution in [-0.4, -0.2) is 197 Å². The number of piperidine rings is 2. The molecule has 8 N–H and O–H groups in total. The molecule has 520 valence electrons. The highest BCUT2D eigenvalue weighted by molar-refractivity contribution is 5.96. The van der Waals surface area contributed by atoms with Gasteiger partial charge in [-0.05, 0) is 126 Å². The number of carbonyl (C=O) groups is 7. The molecule has 0 radical (unpaired) electrons. The minimum Gasteiger partial charge on any atom is -0.504 e. The summed E-state index contributed by atoms with van der Waals surface area (Å²) in [5, 5.41) is 49.6. The summed E-state index contributed by atoms with van der Waals surface area (Å²) >= 11 is 0. The number of aromatic hydroxyl groups is 1. The number of fused-ring (bicyclic) bond motifs is 2. The highest BCUT2D eigenvalue weighted by Gasteiger charge is 2.73. The number of imide groups is 1. The summed E-state index contributed by atoms with van der Waals surface area (Å²) in [5.74, 6) is -3.46. The van der Waals surface area contributed by atoms with Crippen LogP contribution in [0, 0.1) is 11.8 Å². The second kappa shape index (κ2) is 31.2. The summed E-state index contributed by atoms with van der Waals surface area (Å²) in [6.45, 7) is 5.42. The normalized spacial score (nSPS) is 26.0. The summed E-state index contributed by atoms with van der Waals surface area (Å²) in [6, 6.07) is 13.6. The van der Waals surface area contributed by atoms with Crippen LogP contribution in [0.3, 0.4) is 0 Å². The molecule has 5 heterocycles. The first-order valence-corrected chi connectivity index (χ1v) is 34.9. The number of benzene rings is 2. The molecule has 7 amide bonds. The zero-order valence-corrected chi connectivity index (χ0v) is 55.0. The molecule has 4 bridgehead atoms. The van der Waals surface area contributed by atoms with Crippen molar-refractivity contribution >= 4 is 41.4 Å². The van der Waals surface area contributed by atoms with Crippen LogP contribution in [0.1, 0.15) is 182 Å². The number of nitrogens with one attached hydrogen (secondary N) is 6. The lowest BCUT2D eigenvalue weighted by Gasteiger charge is -2.64. The molecule has 26 heteroatoms. The van der Waals surface area contributed by atoms with E-state index in [1.807, 2.05) is 36.4 Å². The summed E-state index contributed by atoms with van der Waals surface area (Å²) in [7, 11) is 0. The Kier molecular flexibility index (Phi) is 22.9. The number of likely N-dealkylation sites (tertiary alicyclic amines) is 1. The van der Waals surface area contributed by atoms with Gasteiger partial charge >= 0.3 is 0 Å². The fraction of sp³-hybridized carbons (Fsp3) is 0.696. The van der Waals surface area contributed by atoms with Crippen LogP contribution in [0.4, 0.5) is 8.78 Å². The molecule has 11 rings (SSSR count). The van der Waals surface area contributed by atoms with Gasteiger partial charge in [-0.1, -0.05) is 69.5 Å². The van der Waals surface area contributed by atoms with Gasteiger partial charge in [0.05, 0.1) is 23.1 Å². The molecule has 1 aromatic heterocycles. The molecule has 3 aromatic rings. The van der Waals surface area contributed by atoms with Crippen molar-refractivity contribution in [2.75, 3.05) is 78.9 Å². The SMILES string of the molecule is CC(C)c1nnc(CCNC(=O)COCC(=O)NCCCCCCCNC(=O)COCC(=O)NC(=O)COCC(=O)NC2CC[C@@]3(O)[C@H]4Cc5ccc(O)c6c5[C@@]3(CCN4CC3CC3)[C@H]2O6)n1C1CC2CCC(C1)N2CC[C@H](NC(=O)C1CCC(F)(F)CC1)c1ccccc1. The third kappa shape index (κ3) is 16.6. The average Bonchev–Trinajstić information content (AvgIpc) is 1.59. The monoisotopic (exact) mass is 1330 g/mol. The fourth-order valence-corrected chi connectivity index (χ4v) is 16.5. The predicted octanol–water partition coefficient (Wildman–Crippen LogP) is 4.63. The van der Waals surface area contributed by atoms with Gasteiger partial charge in [-0.15, -0.1) is 10.2 Å². The van der Waals surface area contributed by atoms with Crippen LogP contribution in [0.15, 0.2) is 42.5 Å². The highest BCUT2D eigenvalue weighted by Crippen LogP contribution is 2.65. The first kappa shape index (κ1) is 69.6. The number of hydrogen-bond acceptors (Lipinski definition) is 17. The number of unbranched alkanes of at least 4 members (excludes halogenated alkanes) is 4. The van der Waals surface area contributed by atoms with Gasteiger partial charge < -0.3 is 60.3 Å². The Hall–Kier alpha value is -6.71. The van der Waals surface area contributed by atoms with Crippen LogP contribution in [0.2, 0.25) is 0 Å². The van der Waals surface area contributed by atoms with Crippen LogP contribution < -0.4 is 36.6 Å². The minimum absolute atomic E-state index is 0.0125. The second-order valence-corrected chi connectivity index (χ2v) is 28.2. The number of aliphatic hydroxyl groups is 1. The molecule has 3 saturated carbocycles. The third-order valence-corrected chi connectivity index (χ3v) is 21.3. The molecular weight excluding hydrogens is 1230 g/mol. The van der Waals surface area contributed by atoms with Gasteiger partial charge in [0, 0.05) is 93.6 Å². The van der Waals surface area contributed by atoms with E-state index in [-0.39, 0.29) is 93.0 Å². The van der Waals surface area contributed by atoms with E-state index in [2.05, 4.69) is 70.3 Å². The number of phenolic OH excluding ortho intramolecular Hbond substituents is 1. The Morgan fingerprint density at radius 2 is 1.31 bits per heavy atom. The number of carbonyl (C=O) groups excluding carboxylic acids is 7. The van der Waals surface area contributed by atoms with Gasteiger partial charge in [0.1, 0.15) is 57.4 Å². The number of ether oxygens (including phenoxy) is 4. The summed E-state index contributed by atoms with van der Waals surface area (Å²) in [6.07, 6.45) is 13.1. The summed E-state index contributed by atoms with van der Waals surface area (Å²) in [5.41, 5.74) is 1.03. The van der Waals surface area contributed by atoms with Crippen LogP contribution in [-0.2, 0) is 66.0 Å². The van der Waals surface area contributed by atoms with Crippen molar-refractivity contribution in [2.24, 2.45) is 11.8 Å². The van der Waals surface area contributed by atoms with E-state index in [1.165, 1.54) is 12.8 Å². The maximum Gasteiger partial charge on any atom is 0.252 e. The molecule has 3 unspecified atom stereocenters. The zero-order valence-electron chi connectivity index (χ0n) is 55.0. The van der Waals surface area contributed by atoms with E-state index >= 15 is 0 Å².